The van der Waals surface area contributed by atoms with Crippen LogP contribution in [0.15, 0.2) is 53.4 Å². The zero-order chi connectivity index (χ0) is 14.8. The molecule has 104 valence electrons. The normalized spacial score (nSPS) is 11.1. The van der Waals surface area contributed by atoms with Crippen LogP contribution in [-0.2, 0) is 10.0 Å². The highest BCUT2D eigenvalue weighted by Crippen LogP contribution is 2.28. The van der Waals surface area contributed by atoms with Gasteiger partial charge in [-0.05, 0) is 18.2 Å². The van der Waals surface area contributed by atoms with Gasteiger partial charge in [0, 0.05) is 6.07 Å². The molecule has 0 fully saturated rings. The summed E-state index contributed by atoms with van der Waals surface area (Å²) in [5.74, 6) is 0. The number of anilines is 1. The van der Waals surface area contributed by atoms with Crippen LogP contribution in [0.25, 0.3) is 0 Å². The third-order valence-electron chi connectivity index (χ3n) is 2.47. The Bertz CT molecular complexity index is 762. The fourth-order valence-corrected chi connectivity index (χ4v) is 3.07. The maximum Gasteiger partial charge on any atom is 0.289 e. The molecule has 2 rings (SSSR count). The second-order valence-corrected chi connectivity index (χ2v) is 5.87. The van der Waals surface area contributed by atoms with Crippen LogP contribution in [0.5, 0.6) is 0 Å². The number of nitro groups is 1. The Balaban J connectivity index is 2.47. The smallest absolute Gasteiger partial charge is 0.278 e. The minimum Gasteiger partial charge on any atom is -0.278 e. The molecule has 0 unspecified atom stereocenters. The third kappa shape index (κ3) is 2.89. The molecule has 0 amide bonds. The van der Waals surface area contributed by atoms with E-state index in [-0.39, 0.29) is 10.7 Å². The van der Waals surface area contributed by atoms with E-state index in [4.69, 9.17) is 11.6 Å². The summed E-state index contributed by atoms with van der Waals surface area (Å²) in [6.07, 6.45) is 0. The molecule has 0 aliphatic carbocycles. The van der Waals surface area contributed by atoms with E-state index in [1.807, 2.05) is 0 Å². The second kappa shape index (κ2) is 5.48. The van der Waals surface area contributed by atoms with Crippen LogP contribution in [0.3, 0.4) is 0 Å². The molecule has 6 nitrogen and oxygen atoms in total. The Morgan fingerprint density at radius 2 is 1.65 bits per heavy atom. The van der Waals surface area contributed by atoms with E-state index in [2.05, 4.69) is 4.72 Å². The van der Waals surface area contributed by atoms with Crippen LogP contribution < -0.4 is 4.72 Å². The van der Waals surface area contributed by atoms with Crippen molar-refractivity contribution in [2.24, 2.45) is 0 Å². The zero-order valence-electron chi connectivity index (χ0n) is 9.99. The van der Waals surface area contributed by atoms with E-state index in [9.17, 15) is 18.5 Å². The molecular weight excluding hydrogens is 304 g/mol. The third-order valence-corrected chi connectivity index (χ3v) is 4.21. The first-order chi connectivity index (χ1) is 9.42. The average Bonchev–Trinajstić information content (AvgIpc) is 2.41. The molecular formula is C12H9ClN2O4S. The first-order valence-electron chi connectivity index (χ1n) is 5.42. The van der Waals surface area contributed by atoms with Gasteiger partial charge in [0.25, 0.3) is 15.7 Å². The van der Waals surface area contributed by atoms with Crippen molar-refractivity contribution in [2.75, 3.05) is 4.72 Å². The van der Waals surface area contributed by atoms with Crippen molar-refractivity contribution in [3.05, 3.63) is 63.7 Å². The van der Waals surface area contributed by atoms with Crippen LogP contribution >= 0.6 is 11.6 Å². The summed E-state index contributed by atoms with van der Waals surface area (Å²) in [7, 11) is -4.09. The highest BCUT2D eigenvalue weighted by molar-refractivity contribution is 7.92. The molecule has 0 bridgehead atoms. The van der Waals surface area contributed by atoms with E-state index in [1.54, 1.807) is 12.1 Å². The SMILES string of the molecule is O=[N+]([O-])c1ccccc1S(=O)(=O)Nc1ccccc1Cl. The molecule has 0 atom stereocenters. The van der Waals surface area contributed by atoms with Crippen LogP contribution in [0.4, 0.5) is 11.4 Å². The van der Waals surface area contributed by atoms with Crippen LogP contribution in [-0.4, -0.2) is 13.3 Å². The maximum atomic E-state index is 12.2. The molecule has 1 N–H and O–H groups in total. The van der Waals surface area contributed by atoms with Crippen molar-refractivity contribution in [2.45, 2.75) is 4.90 Å². The monoisotopic (exact) mass is 312 g/mol. The summed E-state index contributed by atoms with van der Waals surface area (Å²) in [6.45, 7) is 0. The Morgan fingerprint density at radius 3 is 2.30 bits per heavy atom. The number of nitrogens with zero attached hydrogens (tertiary/aromatic N) is 1. The lowest BCUT2D eigenvalue weighted by atomic mass is 10.3. The Hall–Kier alpha value is -2.12. The van der Waals surface area contributed by atoms with Gasteiger partial charge in [0.05, 0.1) is 15.6 Å². The number of nitro benzene ring substituents is 1. The molecule has 8 heteroatoms. The Morgan fingerprint density at radius 1 is 1.05 bits per heavy atom. The van der Waals surface area contributed by atoms with Crippen LogP contribution in [0, 0.1) is 10.1 Å². The number of hydrogen-bond donors (Lipinski definition) is 1. The Kier molecular flexibility index (Phi) is 3.91. The largest absolute Gasteiger partial charge is 0.289 e. The van der Waals surface area contributed by atoms with Crippen molar-refractivity contribution in [3.63, 3.8) is 0 Å². The molecule has 0 saturated carbocycles. The van der Waals surface area contributed by atoms with Gasteiger partial charge in [-0.3, -0.25) is 14.8 Å². The van der Waals surface area contributed by atoms with Gasteiger partial charge in [-0.2, -0.15) is 0 Å². The fraction of sp³-hybridized carbons (Fsp3) is 0. The highest BCUT2D eigenvalue weighted by atomic mass is 35.5. The van der Waals surface area contributed by atoms with Gasteiger partial charge < -0.3 is 0 Å². The maximum absolute atomic E-state index is 12.2. The van der Waals surface area contributed by atoms with Gasteiger partial charge >= 0.3 is 0 Å². The van der Waals surface area contributed by atoms with Crippen molar-refractivity contribution in [1.29, 1.82) is 0 Å². The van der Waals surface area contributed by atoms with E-state index in [0.717, 1.165) is 12.1 Å². The summed E-state index contributed by atoms with van der Waals surface area (Å²) < 4.78 is 26.6. The molecule has 0 aliphatic heterocycles. The standard InChI is InChI=1S/C12H9ClN2O4S/c13-9-5-1-2-6-10(9)14-20(18,19)12-8-4-3-7-11(12)15(16)17/h1-8,14H. The van der Waals surface area contributed by atoms with Gasteiger partial charge in [-0.25, -0.2) is 8.42 Å². The number of para-hydroxylation sites is 2. The molecule has 0 radical (unpaired) electrons. The van der Waals surface area contributed by atoms with Crippen molar-refractivity contribution >= 4 is 33.0 Å². The molecule has 0 saturated heterocycles. The van der Waals surface area contributed by atoms with Crippen molar-refractivity contribution < 1.29 is 13.3 Å². The molecule has 20 heavy (non-hydrogen) atoms. The summed E-state index contributed by atoms with van der Waals surface area (Å²) in [4.78, 5) is 9.71. The predicted molar refractivity (Wildman–Crippen MR) is 75.4 cm³/mol. The highest BCUT2D eigenvalue weighted by Gasteiger charge is 2.25. The fourth-order valence-electron chi connectivity index (χ4n) is 1.58. The number of nitrogens with one attached hydrogen (secondary N) is 1. The first kappa shape index (κ1) is 14.3. The van der Waals surface area contributed by atoms with E-state index >= 15 is 0 Å². The first-order valence-corrected chi connectivity index (χ1v) is 7.29. The summed E-state index contributed by atoms with van der Waals surface area (Å²) in [6, 6.07) is 11.3. The topological polar surface area (TPSA) is 89.3 Å². The number of halogens is 1. The number of sulfonamides is 1. The van der Waals surface area contributed by atoms with Crippen LogP contribution in [0.2, 0.25) is 5.02 Å². The molecule has 0 heterocycles. The molecule has 0 aromatic heterocycles. The van der Waals surface area contributed by atoms with Gasteiger partial charge in [0.15, 0.2) is 4.90 Å². The predicted octanol–water partition coefficient (Wildman–Crippen LogP) is 3.05. The number of hydrogen-bond acceptors (Lipinski definition) is 4. The minimum absolute atomic E-state index is 0.160. The summed E-state index contributed by atoms with van der Waals surface area (Å²) in [5.41, 5.74) is -0.334. The Labute approximate surface area is 120 Å². The second-order valence-electron chi connectivity index (χ2n) is 3.81. The van der Waals surface area contributed by atoms with Gasteiger partial charge in [-0.1, -0.05) is 35.9 Å². The van der Waals surface area contributed by atoms with E-state index in [0.29, 0.717) is 0 Å². The average molecular weight is 313 g/mol. The molecule has 2 aromatic carbocycles. The lowest BCUT2D eigenvalue weighted by Gasteiger charge is -2.09. The van der Waals surface area contributed by atoms with Gasteiger partial charge in [0.1, 0.15) is 0 Å². The number of rotatable bonds is 4. The summed E-state index contributed by atoms with van der Waals surface area (Å²) >= 11 is 5.86. The lowest BCUT2D eigenvalue weighted by Crippen LogP contribution is -2.14. The van der Waals surface area contributed by atoms with Crippen molar-refractivity contribution in [1.82, 2.24) is 0 Å². The van der Waals surface area contributed by atoms with E-state index in [1.165, 1.54) is 24.3 Å². The quantitative estimate of drug-likeness (QED) is 0.694. The molecule has 0 spiro atoms. The zero-order valence-corrected chi connectivity index (χ0v) is 11.6. The van der Waals surface area contributed by atoms with Gasteiger partial charge in [0.2, 0.25) is 0 Å². The van der Waals surface area contributed by atoms with Crippen LogP contribution in [0.1, 0.15) is 0 Å². The molecule has 0 aliphatic rings. The van der Waals surface area contributed by atoms with Crippen molar-refractivity contribution in [3.8, 4) is 0 Å². The van der Waals surface area contributed by atoms with E-state index < -0.39 is 25.5 Å². The minimum atomic E-state index is -4.09. The molecule has 2 aromatic rings. The van der Waals surface area contributed by atoms with Gasteiger partial charge in [-0.15, -0.1) is 0 Å². The lowest BCUT2D eigenvalue weighted by molar-refractivity contribution is -0.387. The number of benzene rings is 2. The summed E-state index contributed by atoms with van der Waals surface area (Å²) in [5, 5.41) is 11.1.